The molecular weight excluding hydrogens is 174 g/mol. The van der Waals surface area contributed by atoms with Crippen LogP contribution in [0, 0.1) is 0 Å². The fraction of sp³-hybridized carbons (Fsp3) is 0.727. The number of nitrogens with zero attached hydrogens (tertiary/aromatic N) is 2. The minimum absolute atomic E-state index is 0.0113. The van der Waals surface area contributed by atoms with Crippen molar-refractivity contribution < 1.29 is 0 Å². The molecule has 78 valence electrons. The molecule has 3 nitrogen and oxygen atoms in total. The maximum atomic E-state index is 6.37. The molecule has 0 aliphatic heterocycles. The molecule has 3 heteroatoms. The van der Waals surface area contributed by atoms with Crippen molar-refractivity contribution in [1.82, 2.24) is 9.55 Å². The monoisotopic (exact) mass is 193 g/mol. The lowest BCUT2D eigenvalue weighted by atomic mass is 9.80. The van der Waals surface area contributed by atoms with E-state index in [0.717, 1.165) is 25.1 Å². The molecule has 14 heavy (non-hydrogen) atoms. The molecule has 0 radical (unpaired) electrons. The van der Waals surface area contributed by atoms with E-state index < -0.39 is 0 Å². The zero-order valence-corrected chi connectivity index (χ0v) is 8.87. The topological polar surface area (TPSA) is 43.8 Å². The number of imidazole rings is 1. The maximum absolute atomic E-state index is 6.37. The fourth-order valence-corrected chi connectivity index (χ4v) is 2.31. The molecule has 1 saturated carbocycles. The van der Waals surface area contributed by atoms with Gasteiger partial charge in [0, 0.05) is 31.4 Å². The second-order valence-corrected chi connectivity index (χ2v) is 4.55. The van der Waals surface area contributed by atoms with E-state index in [0.29, 0.717) is 0 Å². The summed E-state index contributed by atoms with van der Waals surface area (Å²) in [6.45, 7) is 0. The van der Waals surface area contributed by atoms with Gasteiger partial charge in [-0.25, -0.2) is 4.98 Å². The van der Waals surface area contributed by atoms with Crippen LogP contribution in [0.25, 0.3) is 0 Å². The molecule has 0 spiro atoms. The minimum atomic E-state index is 0.0113. The van der Waals surface area contributed by atoms with Crippen LogP contribution in [0.1, 0.15) is 37.9 Å². The normalized spacial score (nSPS) is 21.0. The number of rotatable bonds is 2. The first-order valence-electron chi connectivity index (χ1n) is 5.45. The van der Waals surface area contributed by atoms with Crippen LogP contribution >= 0.6 is 0 Å². The Balaban J connectivity index is 2.05. The molecule has 1 aromatic rings. The highest BCUT2D eigenvalue weighted by Crippen LogP contribution is 2.28. The highest BCUT2D eigenvalue weighted by Gasteiger charge is 2.28. The lowest BCUT2D eigenvalue weighted by Gasteiger charge is -2.33. The standard InChI is InChI=1S/C11H19N3/c1-14-8-7-13-10(14)9-11(12)5-3-2-4-6-11/h7-8H,2-6,9,12H2,1H3. The van der Waals surface area contributed by atoms with Crippen LogP contribution < -0.4 is 5.73 Å². The van der Waals surface area contributed by atoms with E-state index in [2.05, 4.69) is 9.55 Å². The summed E-state index contributed by atoms with van der Waals surface area (Å²) in [7, 11) is 2.04. The van der Waals surface area contributed by atoms with E-state index in [1.165, 1.54) is 19.3 Å². The van der Waals surface area contributed by atoms with E-state index in [-0.39, 0.29) is 5.54 Å². The molecule has 0 saturated heterocycles. The van der Waals surface area contributed by atoms with Crippen molar-refractivity contribution in [2.45, 2.75) is 44.1 Å². The van der Waals surface area contributed by atoms with Gasteiger partial charge in [-0.1, -0.05) is 19.3 Å². The third-order valence-corrected chi connectivity index (χ3v) is 3.28. The maximum Gasteiger partial charge on any atom is 0.110 e. The molecular formula is C11H19N3. The van der Waals surface area contributed by atoms with Crippen molar-refractivity contribution in [2.24, 2.45) is 12.8 Å². The average molecular weight is 193 g/mol. The van der Waals surface area contributed by atoms with Gasteiger partial charge >= 0.3 is 0 Å². The minimum Gasteiger partial charge on any atom is -0.338 e. The Morgan fingerprint density at radius 2 is 2.14 bits per heavy atom. The number of aryl methyl sites for hydroxylation is 1. The first kappa shape index (κ1) is 9.71. The molecule has 1 aromatic heterocycles. The molecule has 1 heterocycles. The number of hydrogen-bond acceptors (Lipinski definition) is 2. The summed E-state index contributed by atoms with van der Waals surface area (Å²) in [4.78, 5) is 4.34. The fourth-order valence-electron chi connectivity index (χ4n) is 2.31. The van der Waals surface area contributed by atoms with E-state index in [1.54, 1.807) is 0 Å². The highest BCUT2D eigenvalue weighted by atomic mass is 15.0. The van der Waals surface area contributed by atoms with Crippen LogP contribution in [-0.2, 0) is 13.5 Å². The average Bonchev–Trinajstić information content (AvgIpc) is 2.52. The molecule has 1 aliphatic rings. The molecule has 0 amide bonds. The van der Waals surface area contributed by atoms with Gasteiger partial charge in [-0.2, -0.15) is 0 Å². The Morgan fingerprint density at radius 3 is 2.71 bits per heavy atom. The molecule has 0 unspecified atom stereocenters. The number of aromatic nitrogens is 2. The molecule has 1 fully saturated rings. The Hall–Kier alpha value is -0.830. The lowest BCUT2D eigenvalue weighted by Crippen LogP contribution is -2.44. The van der Waals surface area contributed by atoms with E-state index in [9.17, 15) is 0 Å². The largest absolute Gasteiger partial charge is 0.338 e. The van der Waals surface area contributed by atoms with Gasteiger partial charge in [-0.3, -0.25) is 0 Å². The van der Waals surface area contributed by atoms with E-state index in [1.807, 2.05) is 19.4 Å². The van der Waals surface area contributed by atoms with Crippen molar-refractivity contribution >= 4 is 0 Å². The summed E-state index contributed by atoms with van der Waals surface area (Å²) in [6, 6.07) is 0. The molecule has 0 bridgehead atoms. The van der Waals surface area contributed by atoms with Gasteiger partial charge in [0.1, 0.15) is 5.82 Å². The van der Waals surface area contributed by atoms with Gasteiger partial charge in [-0.15, -0.1) is 0 Å². The lowest BCUT2D eigenvalue weighted by molar-refractivity contribution is 0.288. The van der Waals surface area contributed by atoms with E-state index in [4.69, 9.17) is 5.73 Å². The second-order valence-electron chi connectivity index (χ2n) is 4.55. The third kappa shape index (κ3) is 1.98. The highest BCUT2D eigenvalue weighted by molar-refractivity contribution is 5.01. The molecule has 2 N–H and O–H groups in total. The zero-order chi connectivity index (χ0) is 10.0. The first-order chi connectivity index (χ1) is 6.70. The van der Waals surface area contributed by atoms with Gasteiger partial charge in [0.15, 0.2) is 0 Å². The van der Waals surface area contributed by atoms with E-state index >= 15 is 0 Å². The molecule has 0 atom stereocenters. The van der Waals surface area contributed by atoms with Crippen LogP contribution in [0.5, 0.6) is 0 Å². The van der Waals surface area contributed by atoms with Crippen molar-refractivity contribution in [3.05, 3.63) is 18.2 Å². The summed E-state index contributed by atoms with van der Waals surface area (Å²) in [6.07, 6.45) is 11.0. The van der Waals surface area contributed by atoms with Gasteiger partial charge in [-0.05, 0) is 12.8 Å². The summed E-state index contributed by atoms with van der Waals surface area (Å²) >= 11 is 0. The number of hydrogen-bond donors (Lipinski definition) is 1. The Kier molecular flexibility index (Phi) is 2.59. The van der Waals surface area contributed by atoms with Gasteiger partial charge in [0.2, 0.25) is 0 Å². The predicted molar refractivity (Wildman–Crippen MR) is 56.9 cm³/mol. The Bertz CT molecular complexity index is 297. The van der Waals surface area contributed by atoms with Crippen LogP contribution in [0.4, 0.5) is 0 Å². The van der Waals surface area contributed by atoms with Crippen LogP contribution in [0.15, 0.2) is 12.4 Å². The summed E-state index contributed by atoms with van der Waals surface area (Å²) in [5.74, 6) is 1.12. The van der Waals surface area contributed by atoms with Gasteiger partial charge < -0.3 is 10.3 Å². The SMILES string of the molecule is Cn1ccnc1CC1(N)CCCCC1. The molecule has 1 aliphatic carbocycles. The van der Waals surface area contributed by atoms with Crippen LogP contribution in [-0.4, -0.2) is 15.1 Å². The summed E-state index contributed by atoms with van der Waals surface area (Å²) in [5, 5.41) is 0. The Labute approximate surface area is 85.3 Å². The Morgan fingerprint density at radius 1 is 1.43 bits per heavy atom. The second kappa shape index (κ2) is 3.73. The zero-order valence-electron chi connectivity index (χ0n) is 8.87. The molecule has 2 rings (SSSR count). The molecule has 0 aromatic carbocycles. The van der Waals surface area contributed by atoms with Crippen molar-refractivity contribution in [1.29, 1.82) is 0 Å². The first-order valence-corrected chi connectivity index (χ1v) is 5.45. The van der Waals surface area contributed by atoms with Crippen molar-refractivity contribution in [2.75, 3.05) is 0 Å². The van der Waals surface area contributed by atoms with Crippen molar-refractivity contribution in [3.8, 4) is 0 Å². The smallest absolute Gasteiger partial charge is 0.110 e. The van der Waals surface area contributed by atoms with Gasteiger partial charge in [0.25, 0.3) is 0 Å². The number of nitrogens with two attached hydrogens (primary N) is 1. The van der Waals surface area contributed by atoms with Crippen LogP contribution in [0.2, 0.25) is 0 Å². The summed E-state index contributed by atoms with van der Waals surface area (Å²) in [5.41, 5.74) is 6.38. The van der Waals surface area contributed by atoms with Crippen LogP contribution in [0.3, 0.4) is 0 Å². The predicted octanol–water partition coefficient (Wildman–Crippen LogP) is 1.62. The quantitative estimate of drug-likeness (QED) is 0.775. The third-order valence-electron chi connectivity index (χ3n) is 3.28. The summed E-state index contributed by atoms with van der Waals surface area (Å²) < 4.78 is 2.07. The van der Waals surface area contributed by atoms with Crippen molar-refractivity contribution in [3.63, 3.8) is 0 Å². The van der Waals surface area contributed by atoms with Gasteiger partial charge in [0.05, 0.1) is 0 Å².